The molecule has 0 saturated carbocycles. The number of pyridine rings is 1. The van der Waals surface area contributed by atoms with Crippen molar-refractivity contribution in [2.45, 2.75) is 30.1 Å². The van der Waals surface area contributed by atoms with E-state index in [9.17, 15) is 18.0 Å². The number of hydrogen-bond donors (Lipinski definition) is 0. The van der Waals surface area contributed by atoms with Crippen molar-refractivity contribution >= 4 is 49.2 Å². The molecule has 0 bridgehead atoms. The van der Waals surface area contributed by atoms with E-state index in [1.165, 1.54) is 36.7 Å². The van der Waals surface area contributed by atoms with Gasteiger partial charge in [-0.05, 0) is 36.2 Å². The maximum Gasteiger partial charge on any atom is 0.242 e. The van der Waals surface area contributed by atoms with Crippen LogP contribution in [-0.2, 0) is 36.2 Å². The highest BCUT2D eigenvalue weighted by Crippen LogP contribution is 2.47. The fourth-order valence-corrected chi connectivity index (χ4v) is 7.40. The molecule has 4 heterocycles. The summed E-state index contributed by atoms with van der Waals surface area (Å²) in [7, 11) is 0.813. The van der Waals surface area contributed by atoms with Crippen LogP contribution in [0.25, 0.3) is 10.3 Å². The van der Waals surface area contributed by atoms with Gasteiger partial charge in [0.2, 0.25) is 27.7 Å². The Morgan fingerprint density at radius 1 is 1.15 bits per heavy atom. The van der Waals surface area contributed by atoms with Crippen molar-refractivity contribution in [3.63, 3.8) is 0 Å². The van der Waals surface area contributed by atoms with Gasteiger partial charge in [-0.1, -0.05) is 11.3 Å². The van der Waals surface area contributed by atoms with Gasteiger partial charge >= 0.3 is 0 Å². The van der Waals surface area contributed by atoms with E-state index in [4.69, 9.17) is 9.47 Å². The lowest BCUT2D eigenvalue weighted by Crippen LogP contribution is -2.40. The Morgan fingerprint density at radius 2 is 1.95 bits per heavy atom. The summed E-state index contributed by atoms with van der Waals surface area (Å²) in [6.07, 6.45) is 0.715. The minimum atomic E-state index is -3.77. The molecule has 0 radical (unpaired) electrons. The van der Waals surface area contributed by atoms with Gasteiger partial charge in [0.15, 0.2) is 0 Å². The fourth-order valence-electron chi connectivity index (χ4n) is 5.30. The van der Waals surface area contributed by atoms with Crippen LogP contribution >= 0.6 is 11.3 Å². The summed E-state index contributed by atoms with van der Waals surface area (Å²) in [6, 6.07) is 8.47. The van der Waals surface area contributed by atoms with E-state index in [-0.39, 0.29) is 36.3 Å². The summed E-state index contributed by atoms with van der Waals surface area (Å²) in [5.41, 5.74) is 1.60. The number of likely N-dealkylation sites (N-methyl/N-ethyl adjacent to an activating group) is 1. The third kappa shape index (κ3) is 4.99. The van der Waals surface area contributed by atoms with Crippen molar-refractivity contribution in [3.8, 4) is 5.88 Å². The van der Waals surface area contributed by atoms with E-state index in [1.807, 2.05) is 6.07 Å². The first-order valence-electron chi connectivity index (χ1n) is 12.5. The second kappa shape index (κ2) is 10.5. The van der Waals surface area contributed by atoms with Gasteiger partial charge in [-0.25, -0.2) is 18.4 Å². The maximum absolute atomic E-state index is 13.7. The number of ether oxygens (including phenoxy) is 2. The monoisotopic (exact) mass is 573 g/mol. The Kier molecular flexibility index (Phi) is 7.35. The molecule has 1 unspecified atom stereocenters. The quantitative estimate of drug-likeness (QED) is 0.401. The lowest BCUT2D eigenvalue weighted by Gasteiger charge is -2.25. The molecule has 0 aliphatic carbocycles. The highest BCUT2D eigenvalue weighted by Gasteiger charge is 2.49. The van der Waals surface area contributed by atoms with Crippen molar-refractivity contribution in [3.05, 3.63) is 40.9 Å². The number of amides is 2. The number of methoxy groups -OCH3 is 2. The molecule has 3 aromatic rings. The topological polar surface area (TPSA) is 122 Å². The second-order valence-electron chi connectivity index (χ2n) is 9.91. The number of benzene rings is 1. The summed E-state index contributed by atoms with van der Waals surface area (Å²) in [6.45, 7) is 3.35. The van der Waals surface area contributed by atoms with Crippen molar-refractivity contribution in [1.82, 2.24) is 19.2 Å². The van der Waals surface area contributed by atoms with Crippen LogP contribution in [0.1, 0.15) is 23.9 Å². The first-order valence-corrected chi connectivity index (χ1v) is 14.8. The van der Waals surface area contributed by atoms with Gasteiger partial charge in [0.05, 0.1) is 25.0 Å². The van der Waals surface area contributed by atoms with Crippen molar-refractivity contribution in [2.24, 2.45) is 0 Å². The molecular formula is C26H31N5O6S2. The summed E-state index contributed by atoms with van der Waals surface area (Å²) in [5, 5.41) is 0.633. The van der Waals surface area contributed by atoms with Gasteiger partial charge in [-0.15, -0.1) is 0 Å². The standard InChI is InChI=1S/C26H31N5O6S2/c1-17(32)30-10-9-26(15-30)16-31(24(33)14-23-27-20-6-8-22(37-4)28-25(20)38-23)21-7-5-18(13-19(21)26)39(34,35)29(2)11-12-36-3/h5-8,13H,9-12,14-16H2,1-4H3. The van der Waals surface area contributed by atoms with E-state index in [2.05, 4.69) is 9.97 Å². The van der Waals surface area contributed by atoms with Crippen LogP contribution in [0, 0.1) is 0 Å². The van der Waals surface area contributed by atoms with Gasteiger partial charge in [0.1, 0.15) is 15.4 Å². The van der Waals surface area contributed by atoms with E-state index in [1.54, 1.807) is 41.2 Å². The molecule has 0 N–H and O–H groups in total. The van der Waals surface area contributed by atoms with E-state index < -0.39 is 15.4 Å². The number of likely N-dealkylation sites (tertiary alicyclic amines) is 1. The minimum absolute atomic E-state index is 0.0429. The van der Waals surface area contributed by atoms with Crippen LogP contribution in [0.4, 0.5) is 5.69 Å². The van der Waals surface area contributed by atoms with Crippen LogP contribution in [0.5, 0.6) is 5.88 Å². The largest absolute Gasteiger partial charge is 0.481 e. The van der Waals surface area contributed by atoms with Crippen LogP contribution < -0.4 is 9.64 Å². The Hall–Kier alpha value is -3.13. The molecule has 2 aliphatic rings. The van der Waals surface area contributed by atoms with Crippen molar-refractivity contribution in [1.29, 1.82) is 0 Å². The van der Waals surface area contributed by atoms with Gasteiger partial charge in [0, 0.05) is 64.4 Å². The third-order valence-corrected chi connectivity index (χ3v) is 10.3. The average molecular weight is 574 g/mol. The number of hydrogen-bond acceptors (Lipinski definition) is 9. The second-order valence-corrected chi connectivity index (χ2v) is 13.0. The number of fused-ring (bicyclic) bond motifs is 3. The van der Waals surface area contributed by atoms with Crippen molar-refractivity contribution < 1.29 is 27.5 Å². The zero-order valence-electron chi connectivity index (χ0n) is 22.3. The average Bonchev–Trinajstić information content (AvgIpc) is 3.62. The lowest BCUT2D eigenvalue weighted by molar-refractivity contribution is -0.127. The zero-order valence-corrected chi connectivity index (χ0v) is 24.0. The van der Waals surface area contributed by atoms with E-state index in [0.717, 1.165) is 5.56 Å². The molecule has 1 atom stereocenters. The zero-order chi connectivity index (χ0) is 27.9. The fraction of sp³-hybridized carbons (Fsp3) is 0.462. The van der Waals surface area contributed by atoms with Crippen LogP contribution in [0.2, 0.25) is 0 Å². The predicted molar refractivity (Wildman–Crippen MR) is 147 cm³/mol. The summed E-state index contributed by atoms with van der Waals surface area (Å²) in [4.78, 5) is 39.2. The van der Waals surface area contributed by atoms with Gasteiger partial charge < -0.3 is 19.3 Å². The Labute approximate surface area is 231 Å². The van der Waals surface area contributed by atoms with Crippen LogP contribution in [-0.4, -0.2) is 93.5 Å². The van der Waals surface area contributed by atoms with Crippen molar-refractivity contribution in [2.75, 3.05) is 59.0 Å². The Morgan fingerprint density at radius 3 is 2.64 bits per heavy atom. The molecule has 2 aliphatic heterocycles. The Bertz CT molecular complexity index is 1540. The number of carbonyl (C=O) groups is 2. The number of rotatable bonds is 8. The molecule has 2 amide bonds. The molecule has 13 heteroatoms. The van der Waals surface area contributed by atoms with Crippen LogP contribution in [0.15, 0.2) is 35.2 Å². The first kappa shape index (κ1) is 27.4. The smallest absolute Gasteiger partial charge is 0.242 e. The van der Waals surface area contributed by atoms with Crippen LogP contribution in [0.3, 0.4) is 0 Å². The maximum atomic E-state index is 13.7. The molecular weight excluding hydrogens is 542 g/mol. The molecule has 2 aromatic heterocycles. The number of anilines is 1. The molecule has 1 aromatic carbocycles. The van der Waals surface area contributed by atoms with E-state index >= 15 is 0 Å². The number of sulfonamides is 1. The SMILES string of the molecule is COCCN(C)S(=O)(=O)c1ccc2c(c1)C1(CCN(C(C)=O)C1)CN2C(=O)Cc1nc2ccc(OC)nc2s1. The highest BCUT2D eigenvalue weighted by atomic mass is 32.2. The first-order chi connectivity index (χ1) is 18.6. The Balaban J connectivity index is 1.48. The van der Waals surface area contributed by atoms with Gasteiger partial charge in [-0.3, -0.25) is 9.59 Å². The molecule has 11 nitrogen and oxygen atoms in total. The molecule has 208 valence electrons. The number of thiazole rings is 1. The van der Waals surface area contributed by atoms with Gasteiger partial charge in [0.25, 0.3) is 0 Å². The molecule has 5 rings (SSSR count). The number of nitrogens with zero attached hydrogens (tertiary/aromatic N) is 5. The lowest BCUT2D eigenvalue weighted by atomic mass is 9.81. The summed E-state index contributed by atoms with van der Waals surface area (Å²) in [5.74, 6) is 0.293. The van der Waals surface area contributed by atoms with Gasteiger partial charge in [-0.2, -0.15) is 4.31 Å². The minimum Gasteiger partial charge on any atom is -0.481 e. The van der Waals surface area contributed by atoms with E-state index in [0.29, 0.717) is 53.0 Å². The third-order valence-electron chi connectivity index (χ3n) is 7.50. The highest BCUT2D eigenvalue weighted by molar-refractivity contribution is 7.89. The summed E-state index contributed by atoms with van der Waals surface area (Å²) >= 11 is 1.34. The summed E-state index contributed by atoms with van der Waals surface area (Å²) < 4.78 is 38.1. The molecule has 1 spiro atoms. The molecule has 39 heavy (non-hydrogen) atoms. The normalized spacial score (nSPS) is 18.9. The predicted octanol–water partition coefficient (Wildman–Crippen LogP) is 2.05. The number of carbonyl (C=O) groups excluding carboxylic acids is 2. The molecule has 1 saturated heterocycles. The molecule has 1 fully saturated rings. The number of aromatic nitrogens is 2.